The molecule has 0 aromatic heterocycles. The van der Waals surface area contributed by atoms with Gasteiger partial charge in [-0.25, -0.2) is 12.7 Å². The Morgan fingerprint density at radius 3 is 2.47 bits per heavy atom. The van der Waals surface area contributed by atoms with Crippen LogP contribution in [0.4, 0.5) is 0 Å². The molecule has 0 bridgehead atoms. The van der Waals surface area contributed by atoms with Crippen LogP contribution in [0.1, 0.15) is 12.5 Å². The highest BCUT2D eigenvalue weighted by atomic mass is 32.2. The van der Waals surface area contributed by atoms with Crippen molar-refractivity contribution in [2.45, 2.75) is 13.5 Å². The van der Waals surface area contributed by atoms with Crippen molar-refractivity contribution in [3.05, 3.63) is 48.0 Å². The van der Waals surface area contributed by atoms with Gasteiger partial charge in [-0.3, -0.25) is 0 Å². The van der Waals surface area contributed by atoms with Gasteiger partial charge >= 0.3 is 0 Å². The van der Waals surface area contributed by atoms with Gasteiger partial charge in [-0.05, 0) is 16.3 Å². The largest absolute Gasteiger partial charge is 0.215 e. The molecular formula is C13H15NO2S. The molecule has 2 aromatic carbocycles. The minimum Gasteiger partial charge on any atom is -0.215 e. The number of thiol groups is 1. The van der Waals surface area contributed by atoms with Crippen LogP contribution in [0, 0.1) is 0 Å². The van der Waals surface area contributed by atoms with Crippen LogP contribution >= 0.6 is 0 Å². The summed E-state index contributed by atoms with van der Waals surface area (Å²) in [4.78, 5) is 0. The summed E-state index contributed by atoms with van der Waals surface area (Å²) in [5.74, 6) is 0. The fourth-order valence-corrected chi connectivity index (χ4v) is 2.41. The Morgan fingerprint density at radius 1 is 1.06 bits per heavy atom. The average Bonchev–Trinajstić information content (AvgIpc) is 2.35. The molecule has 0 radical (unpaired) electrons. The summed E-state index contributed by atoms with van der Waals surface area (Å²) < 4.78 is 23.5. The lowest BCUT2D eigenvalue weighted by Crippen LogP contribution is -2.20. The van der Waals surface area contributed by atoms with Crippen LogP contribution in [-0.4, -0.2) is 19.3 Å². The minimum absolute atomic E-state index is 0.441. The summed E-state index contributed by atoms with van der Waals surface area (Å²) in [6, 6.07) is 14.0. The number of rotatable bonds is 4. The summed E-state index contributed by atoms with van der Waals surface area (Å²) in [5.41, 5.74) is 1.05. The van der Waals surface area contributed by atoms with Crippen LogP contribution in [0.2, 0.25) is 0 Å². The maximum Gasteiger partial charge on any atom is 0.204 e. The molecule has 90 valence electrons. The first kappa shape index (κ1) is 12.1. The van der Waals surface area contributed by atoms with Crippen LogP contribution in [0.15, 0.2) is 42.5 Å². The van der Waals surface area contributed by atoms with Gasteiger partial charge in [0.2, 0.25) is 10.9 Å². The van der Waals surface area contributed by atoms with E-state index in [1.54, 1.807) is 0 Å². The molecule has 0 aliphatic rings. The fraction of sp³-hybridized carbons (Fsp3) is 0.231. The van der Waals surface area contributed by atoms with Gasteiger partial charge in [0.1, 0.15) is 0 Å². The third-order valence-corrected chi connectivity index (χ3v) is 3.71. The third kappa shape index (κ3) is 2.65. The number of hydrogen-bond acceptors (Lipinski definition) is 2. The van der Waals surface area contributed by atoms with E-state index in [-0.39, 0.29) is 0 Å². The fourth-order valence-electron chi connectivity index (χ4n) is 1.91. The average molecular weight is 249 g/mol. The van der Waals surface area contributed by atoms with Gasteiger partial charge < -0.3 is 0 Å². The van der Waals surface area contributed by atoms with Crippen molar-refractivity contribution in [1.82, 2.24) is 4.31 Å². The molecule has 0 atom stereocenters. The quantitative estimate of drug-likeness (QED) is 0.843. The normalized spacial score (nSPS) is 11.5. The molecule has 0 unspecified atom stereocenters. The van der Waals surface area contributed by atoms with E-state index in [4.69, 9.17) is 0 Å². The van der Waals surface area contributed by atoms with Crippen LogP contribution in [-0.2, 0) is 17.4 Å². The Bertz CT molecular complexity index is 579. The molecule has 2 rings (SSSR count). The van der Waals surface area contributed by atoms with Gasteiger partial charge in [0.25, 0.3) is 0 Å². The molecule has 0 aliphatic heterocycles. The van der Waals surface area contributed by atoms with E-state index in [2.05, 4.69) is 0 Å². The van der Waals surface area contributed by atoms with Crippen LogP contribution in [0.3, 0.4) is 0 Å². The van der Waals surface area contributed by atoms with Gasteiger partial charge in [-0.15, -0.1) is 0 Å². The van der Waals surface area contributed by atoms with Crippen molar-refractivity contribution < 1.29 is 8.42 Å². The van der Waals surface area contributed by atoms with Crippen molar-refractivity contribution >= 4 is 21.7 Å². The first-order valence-electron chi connectivity index (χ1n) is 5.58. The van der Waals surface area contributed by atoms with Crippen LogP contribution in [0.5, 0.6) is 0 Å². The second kappa shape index (κ2) is 5.29. The van der Waals surface area contributed by atoms with Crippen LogP contribution < -0.4 is 0 Å². The molecule has 0 spiro atoms. The van der Waals surface area contributed by atoms with Gasteiger partial charge in [0.05, 0.1) is 0 Å². The van der Waals surface area contributed by atoms with Crippen molar-refractivity contribution in [3.63, 3.8) is 0 Å². The molecule has 3 nitrogen and oxygen atoms in total. The van der Waals surface area contributed by atoms with Crippen molar-refractivity contribution in [2.24, 2.45) is 0 Å². The second-order valence-corrected chi connectivity index (χ2v) is 4.90. The first-order chi connectivity index (χ1) is 8.22. The summed E-state index contributed by atoms with van der Waals surface area (Å²) in [6.45, 7) is 2.79. The first-order valence-corrected chi connectivity index (χ1v) is 6.71. The van der Waals surface area contributed by atoms with E-state index in [1.807, 2.05) is 49.4 Å². The van der Waals surface area contributed by atoms with Crippen molar-refractivity contribution in [3.8, 4) is 0 Å². The molecule has 0 fully saturated rings. The lowest BCUT2D eigenvalue weighted by Gasteiger charge is -2.14. The zero-order valence-corrected chi connectivity index (χ0v) is 10.6. The molecule has 0 amide bonds. The maximum atomic E-state index is 11.0. The van der Waals surface area contributed by atoms with Crippen LogP contribution in [0.25, 0.3) is 10.8 Å². The topological polar surface area (TPSA) is 37.4 Å². The smallest absolute Gasteiger partial charge is 0.204 e. The molecule has 0 saturated heterocycles. The molecule has 0 saturated carbocycles. The Kier molecular flexibility index (Phi) is 3.76. The third-order valence-electron chi connectivity index (χ3n) is 2.83. The van der Waals surface area contributed by atoms with Gasteiger partial charge in [0.15, 0.2) is 0 Å². The zero-order valence-electron chi connectivity index (χ0n) is 9.67. The molecule has 17 heavy (non-hydrogen) atoms. The maximum absolute atomic E-state index is 11.0. The Labute approximate surface area is 103 Å². The highest BCUT2D eigenvalue weighted by Gasteiger charge is 2.07. The highest BCUT2D eigenvalue weighted by Crippen LogP contribution is 2.19. The lowest BCUT2D eigenvalue weighted by atomic mass is 10.0. The number of benzene rings is 2. The molecule has 0 heterocycles. The predicted molar refractivity (Wildman–Crippen MR) is 70.3 cm³/mol. The van der Waals surface area contributed by atoms with E-state index in [0.717, 1.165) is 16.3 Å². The number of hydrogen-bond donors (Lipinski definition) is 1. The highest BCUT2D eigenvalue weighted by molar-refractivity contribution is 7.69. The van der Waals surface area contributed by atoms with Crippen molar-refractivity contribution in [1.29, 1.82) is 0 Å². The Balaban J connectivity index is 2.42. The van der Waals surface area contributed by atoms with Crippen molar-refractivity contribution in [2.75, 3.05) is 6.54 Å². The van der Waals surface area contributed by atoms with Gasteiger partial charge in [0, 0.05) is 13.1 Å². The van der Waals surface area contributed by atoms with E-state index >= 15 is 0 Å². The second-order valence-electron chi connectivity index (χ2n) is 3.86. The summed E-state index contributed by atoms with van der Waals surface area (Å²) in [6.07, 6.45) is 0. The lowest BCUT2D eigenvalue weighted by molar-refractivity contribution is 0.441. The Morgan fingerprint density at radius 2 is 1.76 bits per heavy atom. The zero-order chi connectivity index (χ0) is 12.3. The summed E-state index contributed by atoms with van der Waals surface area (Å²) >= 11 is 0. The standard InChI is InChI=1S/C13H15NO2S/c1-2-14(17(15)16)10-12-8-5-7-11-6-3-4-9-13(11)12/h3-9,17H,2,10H2,1H3. The van der Waals surface area contributed by atoms with E-state index < -0.39 is 10.9 Å². The SMILES string of the molecule is CCN(Cc1cccc2ccccc12)[SH](=O)=O. The molecular weight excluding hydrogens is 234 g/mol. The Hall–Kier alpha value is -1.39. The molecule has 0 N–H and O–H groups in total. The predicted octanol–water partition coefficient (Wildman–Crippen LogP) is 2.19. The molecule has 4 heteroatoms. The summed E-state index contributed by atoms with van der Waals surface area (Å²) in [7, 11) is -2.51. The van der Waals surface area contributed by atoms with Gasteiger partial charge in [-0.1, -0.05) is 49.4 Å². The van der Waals surface area contributed by atoms with E-state index in [9.17, 15) is 8.42 Å². The molecule has 0 aliphatic carbocycles. The minimum atomic E-state index is -2.51. The summed E-state index contributed by atoms with van der Waals surface area (Å²) in [5, 5.41) is 2.26. The van der Waals surface area contributed by atoms with Gasteiger partial charge in [-0.2, -0.15) is 0 Å². The molecule has 2 aromatic rings. The van der Waals surface area contributed by atoms with E-state index in [1.165, 1.54) is 4.31 Å². The number of nitrogens with zero attached hydrogens (tertiary/aromatic N) is 1. The monoisotopic (exact) mass is 249 g/mol. The number of fused-ring (bicyclic) bond motifs is 1. The van der Waals surface area contributed by atoms with E-state index in [0.29, 0.717) is 13.1 Å².